The first-order valence-electron chi connectivity index (χ1n) is 11.3. The van der Waals surface area contributed by atoms with Gasteiger partial charge in [-0.2, -0.15) is 0 Å². The van der Waals surface area contributed by atoms with Crippen molar-refractivity contribution in [1.82, 2.24) is 19.7 Å². The standard InChI is InChI=1S/C22H32N4O2S/c1-14-21(29-15(2)23-14)22(28)24-8-6-18(7-9-24)25-11-16-10-17(13-25)19-4-3-5-20(27)26(19)12-16/h16-19H,3-13H2,1-2H3/t16?,17?,19-/m1/s1. The van der Waals surface area contributed by atoms with Crippen molar-refractivity contribution >= 4 is 23.2 Å². The van der Waals surface area contributed by atoms with Crippen LogP contribution < -0.4 is 0 Å². The Morgan fingerprint density at radius 1 is 1.10 bits per heavy atom. The van der Waals surface area contributed by atoms with Gasteiger partial charge in [-0.05, 0) is 57.8 Å². The van der Waals surface area contributed by atoms with Crippen molar-refractivity contribution in [3.05, 3.63) is 15.6 Å². The number of fused-ring (bicyclic) bond motifs is 4. The smallest absolute Gasteiger partial charge is 0.265 e. The van der Waals surface area contributed by atoms with Gasteiger partial charge < -0.3 is 9.80 Å². The molecule has 4 aliphatic rings. The summed E-state index contributed by atoms with van der Waals surface area (Å²) in [7, 11) is 0. The summed E-state index contributed by atoms with van der Waals surface area (Å²) in [6.45, 7) is 8.83. The first kappa shape index (κ1) is 19.5. The fourth-order valence-corrected chi connectivity index (χ4v) is 7.14. The van der Waals surface area contributed by atoms with Crippen LogP contribution in [-0.4, -0.2) is 76.3 Å². The largest absolute Gasteiger partial charge is 0.339 e. The molecule has 0 spiro atoms. The van der Waals surface area contributed by atoms with Crippen LogP contribution in [0.4, 0.5) is 0 Å². The highest BCUT2D eigenvalue weighted by molar-refractivity contribution is 7.13. The fourth-order valence-electron chi connectivity index (χ4n) is 6.25. The molecule has 5 heterocycles. The first-order valence-corrected chi connectivity index (χ1v) is 12.1. The minimum Gasteiger partial charge on any atom is -0.339 e. The predicted molar refractivity (Wildman–Crippen MR) is 113 cm³/mol. The van der Waals surface area contributed by atoms with Crippen molar-refractivity contribution < 1.29 is 9.59 Å². The van der Waals surface area contributed by atoms with Crippen LogP contribution >= 0.6 is 11.3 Å². The molecule has 0 N–H and O–H groups in total. The average Bonchev–Trinajstić information content (AvgIpc) is 3.06. The van der Waals surface area contributed by atoms with E-state index in [1.165, 1.54) is 24.2 Å². The normalized spacial score (nSPS) is 31.1. The molecular weight excluding hydrogens is 384 g/mol. The molecule has 4 fully saturated rings. The lowest BCUT2D eigenvalue weighted by molar-refractivity contribution is -0.145. The van der Waals surface area contributed by atoms with Gasteiger partial charge in [-0.25, -0.2) is 4.98 Å². The molecular formula is C22H32N4O2S. The van der Waals surface area contributed by atoms with Crippen molar-refractivity contribution in [2.24, 2.45) is 11.8 Å². The topological polar surface area (TPSA) is 56.8 Å². The second-order valence-electron chi connectivity index (χ2n) is 9.49. The Hall–Kier alpha value is -1.47. The van der Waals surface area contributed by atoms with Crippen LogP contribution in [0.5, 0.6) is 0 Å². The molecule has 7 heteroatoms. The highest BCUT2D eigenvalue weighted by Crippen LogP contribution is 2.39. The van der Waals surface area contributed by atoms with Gasteiger partial charge in [-0.1, -0.05) is 0 Å². The van der Waals surface area contributed by atoms with Crippen molar-refractivity contribution in [3.8, 4) is 0 Å². The molecule has 4 saturated heterocycles. The number of piperidine rings is 4. The van der Waals surface area contributed by atoms with Crippen LogP contribution in [0, 0.1) is 25.7 Å². The average molecular weight is 417 g/mol. The van der Waals surface area contributed by atoms with E-state index in [1.54, 1.807) is 0 Å². The molecule has 2 amide bonds. The first-order chi connectivity index (χ1) is 14.0. The quantitative estimate of drug-likeness (QED) is 0.744. The van der Waals surface area contributed by atoms with Gasteiger partial charge in [0.1, 0.15) is 4.88 Å². The van der Waals surface area contributed by atoms with Crippen molar-refractivity contribution in [2.45, 2.75) is 64.5 Å². The number of thiazole rings is 1. The molecule has 1 aromatic rings. The Morgan fingerprint density at radius 2 is 1.90 bits per heavy atom. The molecule has 1 aromatic heterocycles. The van der Waals surface area contributed by atoms with Crippen LogP contribution in [0.15, 0.2) is 0 Å². The number of nitrogens with zero attached hydrogens (tertiary/aromatic N) is 4. The predicted octanol–water partition coefficient (Wildman–Crippen LogP) is 2.70. The van der Waals surface area contributed by atoms with E-state index in [9.17, 15) is 9.59 Å². The zero-order chi connectivity index (χ0) is 20.1. The molecule has 6 nitrogen and oxygen atoms in total. The van der Waals surface area contributed by atoms with E-state index in [4.69, 9.17) is 0 Å². The number of hydrogen-bond acceptors (Lipinski definition) is 5. The SMILES string of the molecule is Cc1nc(C)c(C(=O)N2CCC(N3CC4CC(C3)[C@H]3CCCC(=O)N3C4)CC2)s1. The lowest BCUT2D eigenvalue weighted by Gasteiger charge is -2.54. The molecule has 0 saturated carbocycles. The summed E-state index contributed by atoms with van der Waals surface area (Å²) in [6, 6.07) is 1.06. The Kier molecular flexibility index (Phi) is 5.14. The van der Waals surface area contributed by atoms with Crippen LogP contribution in [0.25, 0.3) is 0 Å². The van der Waals surface area contributed by atoms with Gasteiger partial charge in [0.15, 0.2) is 0 Å². The summed E-state index contributed by atoms with van der Waals surface area (Å²) in [5, 5.41) is 0.968. The van der Waals surface area contributed by atoms with E-state index in [1.807, 2.05) is 18.7 Å². The van der Waals surface area contributed by atoms with Crippen molar-refractivity contribution in [2.75, 3.05) is 32.7 Å². The van der Waals surface area contributed by atoms with E-state index in [-0.39, 0.29) is 5.91 Å². The Labute approximate surface area is 177 Å². The summed E-state index contributed by atoms with van der Waals surface area (Å²) in [5.74, 6) is 1.84. The third-order valence-corrected chi connectivity index (χ3v) is 8.63. The minimum atomic E-state index is 0.165. The molecule has 4 aliphatic heterocycles. The molecule has 158 valence electrons. The second-order valence-corrected chi connectivity index (χ2v) is 10.7. The van der Waals surface area contributed by atoms with E-state index in [0.29, 0.717) is 29.8 Å². The summed E-state index contributed by atoms with van der Waals surface area (Å²) in [4.78, 5) is 37.5. The van der Waals surface area contributed by atoms with Crippen molar-refractivity contribution in [1.29, 1.82) is 0 Å². The van der Waals surface area contributed by atoms with Crippen LogP contribution in [0.3, 0.4) is 0 Å². The third-order valence-electron chi connectivity index (χ3n) is 7.57. The van der Waals surface area contributed by atoms with E-state index < -0.39 is 0 Å². The molecule has 2 unspecified atom stereocenters. The summed E-state index contributed by atoms with van der Waals surface area (Å²) in [6.07, 6.45) is 6.44. The zero-order valence-electron chi connectivity index (χ0n) is 17.6. The summed E-state index contributed by atoms with van der Waals surface area (Å²) >= 11 is 1.52. The number of rotatable bonds is 2. The van der Waals surface area contributed by atoms with Crippen LogP contribution in [-0.2, 0) is 4.79 Å². The van der Waals surface area contributed by atoms with Gasteiger partial charge in [0.2, 0.25) is 5.91 Å². The molecule has 3 atom stereocenters. The molecule has 5 rings (SSSR count). The number of carbonyl (C=O) groups is 2. The number of likely N-dealkylation sites (tertiary alicyclic amines) is 2. The maximum atomic E-state index is 12.9. The monoisotopic (exact) mass is 416 g/mol. The van der Waals surface area contributed by atoms with E-state index >= 15 is 0 Å². The van der Waals surface area contributed by atoms with Gasteiger partial charge in [-0.15, -0.1) is 11.3 Å². The molecule has 2 bridgehead atoms. The van der Waals surface area contributed by atoms with Crippen LogP contribution in [0.1, 0.15) is 58.9 Å². The van der Waals surface area contributed by atoms with Gasteiger partial charge >= 0.3 is 0 Å². The molecule has 0 aromatic carbocycles. The minimum absolute atomic E-state index is 0.165. The summed E-state index contributed by atoms with van der Waals surface area (Å²) < 4.78 is 0. The molecule has 0 aliphatic carbocycles. The molecule has 29 heavy (non-hydrogen) atoms. The van der Waals surface area contributed by atoms with Gasteiger partial charge in [-0.3, -0.25) is 14.5 Å². The maximum Gasteiger partial charge on any atom is 0.265 e. The van der Waals surface area contributed by atoms with Crippen molar-refractivity contribution in [3.63, 3.8) is 0 Å². The highest BCUT2D eigenvalue weighted by Gasteiger charge is 2.45. The number of aryl methyl sites for hydroxylation is 2. The van der Waals surface area contributed by atoms with E-state index in [0.717, 1.165) is 74.0 Å². The maximum absolute atomic E-state index is 12.9. The number of hydrogen-bond donors (Lipinski definition) is 0. The molecule has 0 radical (unpaired) electrons. The lowest BCUT2D eigenvalue weighted by atomic mass is 9.75. The van der Waals surface area contributed by atoms with E-state index in [2.05, 4.69) is 14.8 Å². The lowest BCUT2D eigenvalue weighted by Crippen LogP contribution is -2.62. The Balaban J connectivity index is 1.20. The zero-order valence-corrected chi connectivity index (χ0v) is 18.4. The van der Waals surface area contributed by atoms with Gasteiger partial charge in [0, 0.05) is 51.2 Å². The fraction of sp³-hybridized carbons (Fsp3) is 0.773. The Bertz CT molecular complexity index is 801. The Morgan fingerprint density at radius 3 is 2.62 bits per heavy atom. The third kappa shape index (κ3) is 3.61. The van der Waals surface area contributed by atoms with Gasteiger partial charge in [0.25, 0.3) is 5.91 Å². The highest BCUT2D eigenvalue weighted by atomic mass is 32.1. The van der Waals surface area contributed by atoms with Gasteiger partial charge in [0.05, 0.1) is 10.7 Å². The number of aromatic nitrogens is 1. The number of carbonyl (C=O) groups excluding carboxylic acids is 2. The summed E-state index contributed by atoms with van der Waals surface area (Å²) in [5.41, 5.74) is 0.870. The van der Waals surface area contributed by atoms with Crippen LogP contribution in [0.2, 0.25) is 0 Å². The number of amides is 2. The second kappa shape index (κ2) is 7.65.